The molecule has 0 radical (unpaired) electrons. The fourth-order valence-electron chi connectivity index (χ4n) is 3.60. The first kappa shape index (κ1) is 20.1. The van der Waals surface area contributed by atoms with Crippen molar-refractivity contribution in [1.29, 1.82) is 0 Å². The molecule has 3 rings (SSSR count). The zero-order valence-electron chi connectivity index (χ0n) is 16.7. The van der Waals surface area contributed by atoms with E-state index in [1.807, 2.05) is 30.5 Å². The van der Waals surface area contributed by atoms with Gasteiger partial charge in [0.2, 0.25) is 5.91 Å². The van der Waals surface area contributed by atoms with E-state index in [0.717, 1.165) is 44.6 Å². The number of carbonyl (C=O) groups is 1. The van der Waals surface area contributed by atoms with Crippen molar-refractivity contribution in [2.75, 3.05) is 33.9 Å². The Bertz CT molecular complexity index is 759. The zero-order valence-corrected chi connectivity index (χ0v) is 16.7. The molecule has 1 aromatic heterocycles. The van der Waals surface area contributed by atoms with E-state index in [2.05, 4.69) is 21.3 Å². The fraction of sp³-hybridized carbons (Fsp3) is 0.455. The molecule has 6 heteroatoms. The van der Waals surface area contributed by atoms with Crippen LogP contribution in [-0.2, 0) is 17.8 Å². The Morgan fingerprint density at radius 1 is 1.14 bits per heavy atom. The van der Waals surface area contributed by atoms with E-state index >= 15 is 0 Å². The van der Waals surface area contributed by atoms with Crippen molar-refractivity contribution in [3.05, 3.63) is 53.9 Å². The minimum atomic E-state index is 0.0463. The molecule has 1 N–H and O–H groups in total. The standard InChI is InChI=1S/C22H29N3O3/c1-27-20-6-5-18(12-21(20)28-2)13-22(26)24-15-17-7-10-25(11-8-17)16-19-4-3-9-23-14-19/h3-6,9,12,14,17H,7-8,10-11,13,15-16H2,1-2H3,(H,24,26). The van der Waals surface area contributed by atoms with Crippen molar-refractivity contribution >= 4 is 5.91 Å². The van der Waals surface area contributed by atoms with Crippen LogP contribution in [0.5, 0.6) is 11.5 Å². The number of amides is 1. The SMILES string of the molecule is COc1ccc(CC(=O)NCC2CCN(Cc3cccnc3)CC2)cc1OC. The van der Waals surface area contributed by atoms with Crippen LogP contribution in [0.2, 0.25) is 0 Å². The molecule has 1 aliphatic rings. The van der Waals surface area contributed by atoms with Gasteiger partial charge in [-0.15, -0.1) is 0 Å². The number of nitrogens with one attached hydrogen (secondary N) is 1. The Balaban J connectivity index is 1.40. The third kappa shape index (κ3) is 5.70. The van der Waals surface area contributed by atoms with Gasteiger partial charge in [0, 0.05) is 25.5 Å². The van der Waals surface area contributed by atoms with Crippen molar-refractivity contribution in [2.45, 2.75) is 25.8 Å². The third-order valence-corrected chi connectivity index (χ3v) is 5.24. The van der Waals surface area contributed by atoms with Gasteiger partial charge in [-0.05, 0) is 61.2 Å². The Hall–Kier alpha value is -2.60. The maximum absolute atomic E-state index is 12.3. The molecule has 2 aromatic rings. The lowest BCUT2D eigenvalue weighted by atomic mass is 9.96. The van der Waals surface area contributed by atoms with Crippen LogP contribution in [0.4, 0.5) is 0 Å². The Morgan fingerprint density at radius 3 is 2.61 bits per heavy atom. The number of pyridine rings is 1. The maximum Gasteiger partial charge on any atom is 0.224 e. The van der Waals surface area contributed by atoms with Crippen LogP contribution in [0.3, 0.4) is 0 Å². The summed E-state index contributed by atoms with van der Waals surface area (Å²) in [4.78, 5) is 19.0. The van der Waals surface area contributed by atoms with Gasteiger partial charge in [-0.25, -0.2) is 0 Å². The minimum absolute atomic E-state index is 0.0463. The summed E-state index contributed by atoms with van der Waals surface area (Å²) in [6.45, 7) is 3.81. The molecule has 0 atom stereocenters. The van der Waals surface area contributed by atoms with Gasteiger partial charge in [0.15, 0.2) is 11.5 Å². The Kier molecular flexibility index (Phi) is 7.25. The van der Waals surface area contributed by atoms with Gasteiger partial charge >= 0.3 is 0 Å². The van der Waals surface area contributed by atoms with Crippen LogP contribution in [0.25, 0.3) is 0 Å². The lowest BCUT2D eigenvalue weighted by Crippen LogP contribution is -2.38. The van der Waals surface area contributed by atoms with Crippen LogP contribution in [0.15, 0.2) is 42.7 Å². The average molecular weight is 383 g/mol. The molecular weight excluding hydrogens is 354 g/mol. The zero-order chi connectivity index (χ0) is 19.8. The highest BCUT2D eigenvalue weighted by molar-refractivity contribution is 5.78. The number of piperidine rings is 1. The summed E-state index contributed by atoms with van der Waals surface area (Å²) in [7, 11) is 3.20. The van der Waals surface area contributed by atoms with Crippen molar-refractivity contribution in [2.24, 2.45) is 5.92 Å². The Morgan fingerprint density at radius 2 is 1.93 bits per heavy atom. The van der Waals surface area contributed by atoms with Crippen LogP contribution in [-0.4, -0.2) is 49.6 Å². The first-order valence-corrected chi connectivity index (χ1v) is 9.76. The van der Waals surface area contributed by atoms with Gasteiger partial charge in [0.25, 0.3) is 0 Å². The molecule has 28 heavy (non-hydrogen) atoms. The number of aromatic nitrogens is 1. The van der Waals surface area contributed by atoms with E-state index in [1.54, 1.807) is 20.4 Å². The van der Waals surface area contributed by atoms with Gasteiger partial charge in [-0.3, -0.25) is 14.7 Å². The van der Waals surface area contributed by atoms with Gasteiger partial charge < -0.3 is 14.8 Å². The normalized spacial score (nSPS) is 15.2. The number of carbonyl (C=O) groups excluding carboxylic acids is 1. The van der Waals surface area contributed by atoms with E-state index in [1.165, 1.54) is 5.56 Å². The molecule has 0 spiro atoms. The van der Waals surface area contributed by atoms with Crippen molar-refractivity contribution in [1.82, 2.24) is 15.2 Å². The van der Waals surface area contributed by atoms with E-state index in [0.29, 0.717) is 23.8 Å². The van der Waals surface area contributed by atoms with Crippen LogP contribution < -0.4 is 14.8 Å². The van der Waals surface area contributed by atoms with Crippen molar-refractivity contribution < 1.29 is 14.3 Å². The average Bonchev–Trinajstić information content (AvgIpc) is 2.74. The highest BCUT2D eigenvalue weighted by Gasteiger charge is 2.20. The molecule has 0 aliphatic carbocycles. The highest BCUT2D eigenvalue weighted by atomic mass is 16.5. The second kappa shape index (κ2) is 10.1. The largest absolute Gasteiger partial charge is 0.493 e. The molecule has 0 saturated carbocycles. The number of benzene rings is 1. The summed E-state index contributed by atoms with van der Waals surface area (Å²) in [5, 5.41) is 3.09. The van der Waals surface area contributed by atoms with Crippen molar-refractivity contribution in [3.63, 3.8) is 0 Å². The van der Waals surface area contributed by atoms with E-state index < -0.39 is 0 Å². The number of methoxy groups -OCH3 is 2. The quantitative estimate of drug-likeness (QED) is 0.759. The second-order valence-corrected chi connectivity index (χ2v) is 7.25. The fourth-order valence-corrected chi connectivity index (χ4v) is 3.60. The molecule has 0 unspecified atom stereocenters. The highest BCUT2D eigenvalue weighted by Crippen LogP contribution is 2.27. The van der Waals surface area contributed by atoms with Gasteiger partial charge in [-0.1, -0.05) is 12.1 Å². The van der Waals surface area contributed by atoms with Gasteiger partial charge in [0.05, 0.1) is 20.6 Å². The van der Waals surface area contributed by atoms with Crippen molar-refractivity contribution in [3.8, 4) is 11.5 Å². The molecule has 6 nitrogen and oxygen atoms in total. The summed E-state index contributed by atoms with van der Waals surface area (Å²) < 4.78 is 10.5. The lowest BCUT2D eigenvalue weighted by Gasteiger charge is -2.32. The molecule has 2 heterocycles. The second-order valence-electron chi connectivity index (χ2n) is 7.25. The summed E-state index contributed by atoms with van der Waals surface area (Å²) >= 11 is 0. The predicted molar refractivity (Wildman–Crippen MR) is 108 cm³/mol. The number of hydrogen-bond donors (Lipinski definition) is 1. The summed E-state index contributed by atoms with van der Waals surface area (Å²) in [5.74, 6) is 1.91. The van der Waals surface area contributed by atoms with E-state index in [-0.39, 0.29) is 5.91 Å². The Labute approximate surface area is 166 Å². The number of hydrogen-bond acceptors (Lipinski definition) is 5. The predicted octanol–water partition coefficient (Wildman–Crippen LogP) is 2.67. The topological polar surface area (TPSA) is 63.7 Å². The summed E-state index contributed by atoms with van der Waals surface area (Å²) in [6.07, 6.45) is 6.30. The number of nitrogens with zero attached hydrogens (tertiary/aromatic N) is 2. The maximum atomic E-state index is 12.3. The molecular formula is C22H29N3O3. The third-order valence-electron chi connectivity index (χ3n) is 5.24. The molecule has 1 fully saturated rings. The van der Waals surface area contributed by atoms with Gasteiger partial charge in [0.1, 0.15) is 0 Å². The van der Waals surface area contributed by atoms with Crippen LogP contribution >= 0.6 is 0 Å². The van der Waals surface area contributed by atoms with E-state index in [9.17, 15) is 4.79 Å². The summed E-state index contributed by atoms with van der Waals surface area (Å²) in [6, 6.07) is 9.69. The smallest absolute Gasteiger partial charge is 0.224 e. The number of rotatable bonds is 8. The van der Waals surface area contributed by atoms with Crippen LogP contribution in [0, 0.1) is 5.92 Å². The summed E-state index contributed by atoms with van der Waals surface area (Å²) in [5.41, 5.74) is 2.17. The van der Waals surface area contributed by atoms with Crippen LogP contribution in [0.1, 0.15) is 24.0 Å². The molecule has 0 bridgehead atoms. The molecule has 1 aromatic carbocycles. The number of ether oxygens (including phenoxy) is 2. The molecule has 1 aliphatic heterocycles. The first-order chi connectivity index (χ1) is 13.7. The monoisotopic (exact) mass is 383 g/mol. The molecule has 1 saturated heterocycles. The minimum Gasteiger partial charge on any atom is -0.493 e. The molecule has 1 amide bonds. The lowest BCUT2D eigenvalue weighted by molar-refractivity contribution is -0.120. The first-order valence-electron chi connectivity index (χ1n) is 9.76. The molecule has 150 valence electrons. The van der Waals surface area contributed by atoms with E-state index in [4.69, 9.17) is 9.47 Å². The number of likely N-dealkylation sites (tertiary alicyclic amines) is 1. The van der Waals surface area contributed by atoms with Gasteiger partial charge in [-0.2, -0.15) is 0 Å².